The highest BCUT2D eigenvalue weighted by molar-refractivity contribution is 7.13. The predicted octanol–water partition coefficient (Wildman–Crippen LogP) is 1.25. The number of anilines is 1. The molecule has 2 N–H and O–H groups in total. The van der Waals surface area contributed by atoms with E-state index in [0.717, 1.165) is 31.6 Å². The minimum absolute atomic E-state index is 0.154. The number of nitrogens with zero attached hydrogens (tertiary/aromatic N) is 9. The Hall–Kier alpha value is -3.64. The van der Waals surface area contributed by atoms with Crippen LogP contribution in [0.5, 0.6) is 0 Å². The molecular formula is C21H22N10OS. The Labute approximate surface area is 192 Å². The van der Waals surface area contributed by atoms with Gasteiger partial charge in [-0.2, -0.15) is 9.50 Å². The third-order valence-electron chi connectivity index (χ3n) is 6.10. The van der Waals surface area contributed by atoms with Gasteiger partial charge in [0.15, 0.2) is 16.3 Å². The number of nitrogen functional groups attached to an aromatic ring is 1. The summed E-state index contributed by atoms with van der Waals surface area (Å²) < 4.78 is 4.71. The first-order chi connectivity index (χ1) is 16.0. The van der Waals surface area contributed by atoms with Crippen molar-refractivity contribution in [3.05, 3.63) is 51.1 Å². The maximum atomic E-state index is 13.1. The Morgan fingerprint density at radius 1 is 1.18 bits per heavy atom. The van der Waals surface area contributed by atoms with Gasteiger partial charge in [0.2, 0.25) is 11.8 Å². The smallest absolute Gasteiger partial charge is 0.330 e. The minimum atomic E-state index is -0.154. The lowest BCUT2D eigenvalue weighted by Gasteiger charge is -2.28. The first-order valence-electron chi connectivity index (χ1n) is 10.7. The number of aryl methyl sites for hydroxylation is 2. The van der Waals surface area contributed by atoms with Crippen LogP contribution in [-0.2, 0) is 26.6 Å². The molecule has 1 aliphatic heterocycles. The summed E-state index contributed by atoms with van der Waals surface area (Å²) in [6.07, 6.45) is 4.53. The van der Waals surface area contributed by atoms with Gasteiger partial charge in [0.1, 0.15) is 5.52 Å². The molecule has 12 heteroatoms. The number of hydrogen-bond donors (Lipinski definition) is 1. The molecule has 33 heavy (non-hydrogen) atoms. The summed E-state index contributed by atoms with van der Waals surface area (Å²) >= 11 is 1.44. The van der Waals surface area contributed by atoms with Crippen molar-refractivity contribution in [1.82, 2.24) is 43.6 Å². The number of rotatable bonds is 4. The summed E-state index contributed by atoms with van der Waals surface area (Å²) in [5.74, 6) is 0.641. The second kappa shape index (κ2) is 7.46. The topological polar surface area (TPSA) is 125 Å². The number of fused-ring (bicyclic) bond motifs is 4. The van der Waals surface area contributed by atoms with Gasteiger partial charge >= 0.3 is 5.69 Å². The Balaban J connectivity index is 1.36. The van der Waals surface area contributed by atoms with Crippen molar-refractivity contribution in [3.63, 3.8) is 0 Å². The highest BCUT2D eigenvalue weighted by Gasteiger charge is 2.23. The number of hydrogen-bond acceptors (Lipinski definition) is 9. The van der Waals surface area contributed by atoms with Gasteiger partial charge < -0.3 is 5.73 Å². The van der Waals surface area contributed by atoms with E-state index in [1.165, 1.54) is 27.1 Å². The van der Waals surface area contributed by atoms with Gasteiger partial charge in [0, 0.05) is 63.1 Å². The van der Waals surface area contributed by atoms with Crippen LogP contribution in [0.4, 0.5) is 5.95 Å². The lowest BCUT2D eigenvalue weighted by Crippen LogP contribution is -2.35. The summed E-state index contributed by atoms with van der Waals surface area (Å²) in [6, 6.07) is 2.20. The Kier molecular flexibility index (Phi) is 4.52. The molecule has 0 aliphatic carbocycles. The van der Waals surface area contributed by atoms with Gasteiger partial charge in [-0.25, -0.2) is 14.8 Å². The van der Waals surface area contributed by atoms with E-state index in [0.29, 0.717) is 34.2 Å². The monoisotopic (exact) mass is 462 g/mol. The molecule has 0 aromatic carbocycles. The highest BCUT2D eigenvalue weighted by Crippen LogP contribution is 2.24. The molecule has 5 aromatic heterocycles. The van der Waals surface area contributed by atoms with Crippen LogP contribution < -0.4 is 11.4 Å². The van der Waals surface area contributed by atoms with E-state index in [4.69, 9.17) is 5.73 Å². The summed E-state index contributed by atoms with van der Waals surface area (Å²) in [7, 11) is 1.72. The molecule has 0 spiro atoms. The van der Waals surface area contributed by atoms with E-state index < -0.39 is 0 Å². The Morgan fingerprint density at radius 2 is 2.06 bits per heavy atom. The molecule has 0 amide bonds. The van der Waals surface area contributed by atoms with Gasteiger partial charge in [-0.15, -0.1) is 16.4 Å². The van der Waals surface area contributed by atoms with Crippen molar-refractivity contribution >= 4 is 34.1 Å². The fraction of sp³-hybridized carbons (Fsp3) is 0.333. The standard InChI is InChI=1S/C21H22N10OS/c1-12-9-13-11-29(5-3-14(13)24-10-12)6-7-30-17-15(28(2)21(30)32)18-25-16(19-23-4-8-33-19)27-31(18)20(22)26-17/h4,8-10H,3,5-7,11H2,1-2H3,(H2,22,26). The van der Waals surface area contributed by atoms with Crippen LogP contribution in [0.3, 0.4) is 0 Å². The second-order valence-corrected chi connectivity index (χ2v) is 9.18. The molecule has 5 aromatic rings. The van der Waals surface area contributed by atoms with Crippen LogP contribution in [0.2, 0.25) is 0 Å². The summed E-state index contributed by atoms with van der Waals surface area (Å²) in [6.45, 7) is 5.01. The second-order valence-electron chi connectivity index (χ2n) is 8.29. The van der Waals surface area contributed by atoms with Crippen molar-refractivity contribution in [2.75, 3.05) is 18.8 Å². The van der Waals surface area contributed by atoms with E-state index in [1.807, 2.05) is 11.6 Å². The molecule has 0 saturated heterocycles. The Bertz CT molecular complexity index is 1560. The van der Waals surface area contributed by atoms with E-state index in [9.17, 15) is 4.79 Å². The van der Waals surface area contributed by atoms with Crippen molar-refractivity contribution in [3.8, 4) is 10.8 Å². The van der Waals surface area contributed by atoms with Crippen LogP contribution in [0.25, 0.3) is 27.6 Å². The summed E-state index contributed by atoms with van der Waals surface area (Å²) in [5.41, 5.74) is 11.3. The minimum Gasteiger partial charge on any atom is -0.368 e. The first kappa shape index (κ1) is 20.0. The molecular weight excluding hydrogens is 440 g/mol. The third kappa shape index (κ3) is 3.21. The molecule has 0 bridgehead atoms. The maximum Gasteiger partial charge on any atom is 0.330 e. The van der Waals surface area contributed by atoms with E-state index in [1.54, 1.807) is 22.4 Å². The number of imidazole rings is 1. The average Bonchev–Trinajstić information content (AvgIpc) is 3.52. The summed E-state index contributed by atoms with van der Waals surface area (Å²) in [4.78, 5) is 33.5. The Morgan fingerprint density at radius 3 is 2.88 bits per heavy atom. The van der Waals surface area contributed by atoms with Gasteiger partial charge in [-0.05, 0) is 18.1 Å². The zero-order chi connectivity index (χ0) is 22.7. The molecule has 0 fully saturated rings. The van der Waals surface area contributed by atoms with E-state index in [2.05, 4.69) is 42.9 Å². The third-order valence-corrected chi connectivity index (χ3v) is 6.86. The molecule has 1 aliphatic rings. The zero-order valence-corrected chi connectivity index (χ0v) is 19.1. The van der Waals surface area contributed by atoms with Gasteiger partial charge in [0.25, 0.3) is 0 Å². The fourth-order valence-electron chi connectivity index (χ4n) is 4.45. The molecule has 0 unspecified atom stereocenters. The summed E-state index contributed by atoms with van der Waals surface area (Å²) in [5, 5.41) is 7.01. The van der Waals surface area contributed by atoms with Crippen LogP contribution >= 0.6 is 11.3 Å². The van der Waals surface area contributed by atoms with Crippen LogP contribution in [0.1, 0.15) is 16.8 Å². The highest BCUT2D eigenvalue weighted by atomic mass is 32.1. The van der Waals surface area contributed by atoms with Crippen LogP contribution in [0.15, 0.2) is 28.6 Å². The fourth-order valence-corrected chi connectivity index (χ4v) is 5.02. The van der Waals surface area contributed by atoms with Gasteiger partial charge in [-0.1, -0.05) is 6.07 Å². The molecule has 168 valence electrons. The molecule has 11 nitrogen and oxygen atoms in total. The van der Waals surface area contributed by atoms with E-state index in [-0.39, 0.29) is 11.6 Å². The number of pyridine rings is 1. The number of thiazole rings is 1. The number of aromatic nitrogens is 8. The molecule has 0 radical (unpaired) electrons. The molecule has 6 rings (SSSR count). The lowest BCUT2D eigenvalue weighted by molar-refractivity contribution is 0.241. The van der Waals surface area contributed by atoms with Crippen molar-refractivity contribution in [2.45, 2.75) is 26.4 Å². The predicted molar refractivity (Wildman–Crippen MR) is 125 cm³/mol. The first-order valence-corrected chi connectivity index (χ1v) is 11.6. The van der Waals surface area contributed by atoms with E-state index >= 15 is 0 Å². The zero-order valence-electron chi connectivity index (χ0n) is 18.3. The van der Waals surface area contributed by atoms with Crippen LogP contribution in [0, 0.1) is 6.92 Å². The quantitative estimate of drug-likeness (QED) is 0.423. The average molecular weight is 463 g/mol. The molecule has 0 atom stereocenters. The van der Waals surface area contributed by atoms with Crippen LogP contribution in [-0.4, -0.2) is 56.7 Å². The van der Waals surface area contributed by atoms with Crippen molar-refractivity contribution < 1.29 is 0 Å². The van der Waals surface area contributed by atoms with Gasteiger partial charge in [-0.3, -0.25) is 19.0 Å². The van der Waals surface area contributed by atoms with Crippen molar-refractivity contribution in [1.29, 1.82) is 0 Å². The van der Waals surface area contributed by atoms with Crippen molar-refractivity contribution in [2.24, 2.45) is 7.05 Å². The maximum absolute atomic E-state index is 13.1. The number of nitrogens with two attached hydrogens (primary N) is 1. The lowest BCUT2D eigenvalue weighted by atomic mass is 10.0. The normalized spacial score (nSPS) is 14.4. The SMILES string of the molecule is Cc1cnc2c(c1)CN(CCn1c(=O)n(C)c3c1nc(N)n1nc(-c4nccs4)nc31)CC2. The largest absolute Gasteiger partial charge is 0.368 e. The molecule has 0 saturated carbocycles. The van der Waals surface area contributed by atoms with Gasteiger partial charge in [0.05, 0.1) is 0 Å². The molecule has 6 heterocycles.